The molecule has 130 valence electrons. The number of pyridine rings is 1. The number of anilines is 3. The molecule has 2 N–H and O–H groups in total. The second kappa shape index (κ2) is 7.82. The molecule has 0 atom stereocenters. The number of thiazole rings is 2. The molecular weight excluding hydrogens is 386 g/mol. The van der Waals surface area contributed by atoms with Gasteiger partial charge >= 0.3 is 0 Å². The SMILES string of the molecule is Clc1ncc(CNc2ccc(Nc3nc(-c4ccccn4)cs3)cc2)s1. The Morgan fingerprint density at radius 3 is 2.54 bits per heavy atom. The summed E-state index contributed by atoms with van der Waals surface area (Å²) in [6.45, 7) is 0.705. The maximum absolute atomic E-state index is 5.84. The number of halogens is 1. The molecule has 0 radical (unpaired) electrons. The molecule has 0 aliphatic carbocycles. The van der Waals surface area contributed by atoms with E-state index >= 15 is 0 Å². The van der Waals surface area contributed by atoms with Crippen LogP contribution in [0.4, 0.5) is 16.5 Å². The molecule has 0 aliphatic heterocycles. The third-order valence-corrected chi connectivity index (χ3v) is 5.43. The van der Waals surface area contributed by atoms with Gasteiger partial charge in [0.25, 0.3) is 0 Å². The average Bonchev–Trinajstić information content (AvgIpc) is 3.31. The van der Waals surface area contributed by atoms with Crippen molar-refractivity contribution in [3.63, 3.8) is 0 Å². The molecule has 0 bridgehead atoms. The van der Waals surface area contributed by atoms with Crippen LogP contribution in [0, 0.1) is 0 Å². The minimum atomic E-state index is 0.565. The van der Waals surface area contributed by atoms with Crippen molar-refractivity contribution in [2.45, 2.75) is 6.54 Å². The summed E-state index contributed by atoms with van der Waals surface area (Å²) in [4.78, 5) is 14.0. The van der Waals surface area contributed by atoms with Gasteiger partial charge in [0, 0.05) is 34.0 Å². The van der Waals surface area contributed by atoms with E-state index in [0.29, 0.717) is 11.0 Å². The van der Waals surface area contributed by atoms with E-state index in [1.165, 1.54) is 11.3 Å². The fourth-order valence-electron chi connectivity index (χ4n) is 2.31. The van der Waals surface area contributed by atoms with Crippen LogP contribution < -0.4 is 10.6 Å². The lowest BCUT2D eigenvalue weighted by Crippen LogP contribution is -1.97. The monoisotopic (exact) mass is 399 g/mol. The van der Waals surface area contributed by atoms with E-state index in [-0.39, 0.29) is 0 Å². The summed E-state index contributed by atoms with van der Waals surface area (Å²) < 4.78 is 0.565. The van der Waals surface area contributed by atoms with Crippen LogP contribution in [0.1, 0.15) is 4.88 Å². The number of nitrogens with one attached hydrogen (secondary N) is 2. The molecule has 5 nitrogen and oxygen atoms in total. The van der Waals surface area contributed by atoms with Crippen molar-refractivity contribution in [2.24, 2.45) is 0 Å². The van der Waals surface area contributed by atoms with Crippen molar-refractivity contribution < 1.29 is 0 Å². The summed E-state index contributed by atoms with van der Waals surface area (Å²) in [5.74, 6) is 0. The van der Waals surface area contributed by atoms with E-state index in [1.807, 2.05) is 47.8 Å². The van der Waals surface area contributed by atoms with Gasteiger partial charge in [-0.3, -0.25) is 4.98 Å². The lowest BCUT2D eigenvalue weighted by Gasteiger charge is -2.07. The molecule has 1 aromatic carbocycles. The van der Waals surface area contributed by atoms with E-state index in [0.717, 1.165) is 32.8 Å². The van der Waals surface area contributed by atoms with E-state index in [9.17, 15) is 0 Å². The average molecular weight is 400 g/mol. The van der Waals surface area contributed by atoms with Crippen molar-refractivity contribution in [2.75, 3.05) is 10.6 Å². The predicted octanol–water partition coefficient (Wildman–Crippen LogP) is 5.67. The van der Waals surface area contributed by atoms with Gasteiger partial charge in [0.1, 0.15) is 5.69 Å². The lowest BCUT2D eigenvalue weighted by molar-refractivity contribution is 1.17. The summed E-state index contributed by atoms with van der Waals surface area (Å²) in [5, 5.41) is 9.52. The van der Waals surface area contributed by atoms with Crippen LogP contribution in [0.15, 0.2) is 60.2 Å². The van der Waals surface area contributed by atoms with Crippen molar-refractivity contribution in [1.82, 2.24) is 15.0 Å². The third-order valence-electron chi connectivity index (χ3n) is 3.56. The van der Waals surface area contributed by atoms with Gasteiger partial charge in [0.2, 0.25) is 0 Å². The summed E-state index contributed by atoms with van der Waals surface area (Å²) in [7, 11) is 0. The number of aromatic nitrogens is 3. The van der Waals surface area contributed by atoms with Gasteiger partial charge in [-0.05, 0) is 36.4 Å². The second-order valence-corrected chi connectivity index (χ2v) is 7.94. The first-order valence-electron chi connectivity index (χ1n) is 7.84. The quantitative estimate of drug-likeness (QED) is 0.437. The van der Waals surface area contributed by atoms with Gasteiger partial charge in [0.15, 0.2) is 9.60 Å². The highest BCUT2D eigenvalue weighted by Crippen LogP contribution is 2.26. The molecule has 4 aromatic rings. The van der Waals surface area contributed by atoms with Gasteiger partial charge in [-0.15, -0.1) is 22.7 Å². The number of hydrogen-bond donors (Lipinski definition) is 2. The Bertz CT molecular complexity index is 982. The Morgan fingerprint density at radius 1 is 0.962 bits per heavy atom. The topological polar surface area (TPSA) is 62.7 Å². The number of rotatable bonds is 6. The van der Waals surface area contributed by atoms with Crippen molar-refractivity contribution in [3.05, 3.63) is 69.6 Å². The van der Waals surface area contributed by atoms with E-state index in [1.54, 1.807) is 23.7 Å². The van der Waals surface area contributed by atoms with Crippen LogP contribution in [0.3, 0.4) is 0 Å². The molecule has 0 unspecified atom stereocenters. The van der Waals surface area contributed by atoms with Crippen LogP contribution >= 0.6 is 34.3 Å². The normalized spacial score (nSPS) is 10.7. The first kappa shape index (κ1) is 17.0. The Kier molecular flexibility index (Phi) is 5.10. The standard InChI is InChI=1S/C18H14ClN5S2/c19-17-22-10-14(26-17)9-21-12-4-6-13(7-5-12)23-18-24-16(11-25-18)15-3-1-2-8-20-15/h1-8,10-11,21H,9H2,(H,23,24). The molecule has 0 fully saturated rings. The first-order chi connectivity index (χ1) is 12.8. The van der Waals surface area contributed by atoms with E-state index in [4.69, 9.17) is 11.6 Å². The zero-order chi connectivity index (χ0) is 17.8. The number of hydrogen-bond acceptors (Lipinski definition) is 7. The molecule has 3 aromatic heterocycles. The van der Waals surface area contributed by atoms with Gasteiger partial charge in [0.05, 0.1) is 12.2 Å². The van der Waals surface area contributed by atoms with Crippen LogP contribution in [0.5, 0.6) is 0 Å². The lowest BCUT2D eigenvalue weighted by atomic mass is 10.3. The summed E-state index contributed by atoms with van der Waals surface area (Å²) in [5.41, 5.74) is 3.77. The Balaban J connectivity index is 1.37. The zero-order valence-electron chi connectivity index (χ0n) is 13.5. The molecule has 0 saturated carbocycles. The molecule has 0 saturated heterocycles. The Labute approximate surface area is 163 Å². The molecular formula is C18H14ClN5S2. The second-order valence-electron chi connectivity index (χ2n) is 5.39. The van der Waals surface area contributed by atoms with Crippen LogP contribution in [-0.4, -0.2) is 15.0 Å². The first-order valence-corrected chi connectivity index (χ1v) is 9.92. The third kappa shape index (κ3) is 4.19. The molecule has 0 aliphatic rings. The van der Waals surface area contributed by atoms with Crippen molar-refractivity contribution >= 4 is 50.8 Å². The molecule has 0 spiro atoms. The highest BCUT2D eigenvalue weighted by molar-refractivity contribution is 7.15. The fourth-order valence-corrected chi connectivity index (χ4v) is 3.95. The number of benzene rings is 1. The van der Waals surface area contributed by atoms with Crippen molar-refractivity contribution in [1.29, 1.82) is 0 Å². The summed E-state index contributed by atoms with van der Waals surface area (Å²) >= 11 is 8.88. The largest absolute Gasteiger partial charge is 0.380 e. The maximum Gasteiger partial charge on any atom is 0.187 e. The van der Waals surface area contributed by atoms with Gasteiger partial charge < -0.3 is 10.6 Å². The minimum absolute atomic E-state index is 0.565. The highest BCUT2D eigenvalue weighted by atomic mass is 35.5. The Morgan fingerprint density at radius 2 is 1.81 bits per heavy atom. The highest BCUT2D eigenvalue weighted by Gasteiger charge is 2.06. The molecule has 3 heterocycles. The molecule has 0 amide bonds. The van der Waals surface area contributed by atoms with Crippen LogP contribution in [0.25, 0.3) is 11.4 Å². The maximum atomic E-state index is 5.84. The predicted molar refractivity (Wildman–Crippen MR) is 110 cm³/mol. The van der Waals surface area contributed by atoms with Crippen LogP contribution in [-0.2, 0) is 6.54 Å². The zero-order valence-corrected chi connectivity index (χ0v) is 15.9. The van der Waals surface area contributed by atoms with Crippen molar-refractivity contribution in [3.8, 4) is 11.4 Å². The van der Waals surface area contributed by atoms with Gasteiger partial charge in [-0.25, -0.2) is 9.97 Å². The molecule has 4 rings (SSSR count). The number of nitrogens with zero attached hydrogens (tertiary/aromatic N) is 3. The van der Waals surface area contributed by atoms with Gasteiger partial charge in [-0.2, -0.15) is 0 Å². The van der Waals surface area contributed by atoms with E-state index < -0.39 is 0 Å². The molecule has 26 heavy (non-hydrogen) atoms. The van der Waals surface area contributed by atoms with Gasteiger partial charge in [-0.1, -0.05) is 17.7 Å². The Hall–Kier alpha value is -2.48. The summed E-state index contributed by atoms with van der Waals surface area (Å²) in [6, 6.07) is 13.9. The smallest absolute Gasteiger partial charge is 0.187 e. The fraction of sp³-hybridized carbons (Fsp3) is 0.0556. The van der Waals surface area contributed by atoms with E-state index in [2.05, 4.69) is 25.6 Å². The summed E-state index contributed by atoms with van der Waals surface area (Å²) in [6.07, 6.45) is 3.56. The minimum Gasteiger partial charge on any atom is -0.380 e. The molecule has 8 heteroatoms. The van der Waals surface area contributed by atoms with Crippen LogP contribution in [0.2, 0.25) is 4.47 Å².